The number of anilines is 1. The number of alkyl carbamates (subject to hydrolysis) is 1. The normalized spacial score (nSPS) is 18.5. The highest BCUT2D eigenvalue weighted by Gasteiger charge is 2.34. The van der Waals surface area contributed by atoms with Crippen LogP contribution in [0.25, 0.3) is 0 Å². The summed E-state index contributed by atoms with van der Waals surface area (Å²) >= 11 is 0. The van der Waals surface area contributed by atoms with E-state index in [4.69, 9.17) is 14.4 Å². The number of ether oxygens (including phenoxy) is 1. The number of aryl methyl sites for hydroxylation is 1. The second-order valence-corrected chi connectivity index (χ2v) is 9.63. The molecule has 1 fully saturated rings. The molecule has 1 saturated carbocycles. The van der Waals surface area contributed by atoms with Crippen molar-refractivity contribution in [2.24, 2.45) is 5.92 Å². The van der Waals surface area contributed by atoms with Crippen LogP contribution in [-0.4, -0.2) is 39.6 Å². The van der Waals surface area contributed by atoms with E-state index in [-0.39, 0.29) is 35.9 Å². The first-order valence-electron chi connectivity index (χ1n) is 10.8. The van der Waals surface area contributed by atoms with Gasteiger partial charge in [0.05, 0.1) is 30.0 Å². The number of carbonyl (C=O) groups excluding carboxylic acids is 2. The number of rotatable bonds is 7. The van der Waals surface area contributed by atoms with E-state index in [2.05, 4.69) is 15.8 Å². The predicted molar refractivity (Wildman–Crippen MR) is 116 cm³/mol. The molecule has 0 aliphatic heterocycles. The molecule has 0 bridgehead atoms. The maximum Gasteiger partial charge on any atom is 0.407 e. The van der Waals surface area contributed by atoms with Crippen molar-refractivity contribution in [2.75, 3.05) is 11.9 Å². The van der Waals surface area contributed by atoms with E-state index < -0.39 is 0 Å². The summed E-state index contributed by atoms with van der Waals surface area (Å²) < 4.78 is 12.3. The molecular weight excluding hydrogens is 398 g/mol. The number of amides is 2. The fourth-order valence-electron chi connectivity index (χ4n) is 3.63. The lowest BCUT2D eigenvalue weighted by atomic mass is 9.74. The summed E-state index contributed by atoms with van der Waals surface area (Å²) in [6.07, 6.45) is 1.55. The van der Waals surface area contributed by atoms with Crippen LogP contribution in [0.4, 0.5) is 10.6 Å². The molecule has 2 aromatic rings. The average molecular weight is 432 g/mol. The van der Waals surface area contributed by atoms with Gasteiger partial charge in [-0.05, 0) is 60.3 Å². The van der Waals surface area contributed by atoms with Crippen molar-refractivity contribution in [1.82, 2.24) is 20.3 Å². The zero-order valence-electron chi connectivity index (χ0n) is 19.2. The van der Waals surface area contributed by atoms with Crippen LogP contribution < -0.4 is 10.6 Å². The summed E-state index contributed by atoms with van der Waals surface area (Å²) in [6.45, 7) is 12.2. The SMILES string of the molecule is Cc1cc(CC(=O)Nc2cc(C3CC(COC(=O)NC(C)C)C3)nn2C(C)(C)C)on1. The average Bonchev–Trinajstić information content (AvgIpc) is 3.18. The van der Waals surface area contributed by atoms with Gasteiger partial charge in [-0.15, -0.1) is 0 Å². The number of nitrogens with zero attached hydrogens (tertiary/aromatic N) is 3. The molecule has 31 heavy (non-hydrogen) atoms. The molecule has 1 aliphatic carbocycles. The summed E-state index contributed by atoms with van der Waals surface area (Å²) in [7, 11) is 0. The monoisotopic (exact) mass is 431 g/mol. The lowest BCUT2D eigenvalue weighted by Crippen LogP contribution is -2.34. The van der Waals surface area contributed by atoms with E-state index in [1.807, 2.05) is 52.3 Å². The van der Waals surface area contributed by atoms with Crippen LogP contribution in [0, 0.1) is 12.8 Å². The minimum Gasteiger partial charge on any atom is -0.449 e. The largest absolute Gasteiger partial charge is 0.449 e. The van der Waals surface area contributed by atoms with Crippen LogP contribution in [0.2, 0.25) is 0 Å². The smallest absolute Gasteiger partial charge is 0.407 e. The van der Waals surface area contributed by atoms with Crippen LogP contribution in [0.1, 0.15) is 70.5 Å². The molecule has 0 aromatic carbocycles. The fraction of sp³-hybridized carbons (Fsp3) is 0.636. The number of hydrogen-bond donors (Lipinski definition) is 2. The van der Waals surface area contributed by atoms with Crippen molar-refractivity contribution in [3.63, 3.8) is 0 Å². The van der Waals surface area contributed by atoms with Gasteiger partial charge in [-0.2, -0.15) is 5.10 Å². The minimum atomic E-state index is -0.373. The Morgan fingerprint density at radius 1 is 1.29 bits per heavy atom. The van der Waals surface area contributed by atoms with Gasteiger partial charge in [0, 0.05) is 24.1 Å². The first-order chi connectivity index (χ1) is 14.5. The van der Waals surface area contributed by atoms with Gasteiger partial charge in [-0.1, -0.05) is 5.16 Å². The Kier molecular flexibility index (Phi) is 6.71. The number of nitrogens with one attached hydrogen (secondary N) is 2. The van der Waals surface area contributed by atoms with Crippen LogP contribution >= 0.6 is 0 Å². The third-order valence-corrected chi connectivity index (χ3v) is 5.15. The van der Waals surface area contributed by atoms with Gasteiger partial charge in [0.25, 0.3) is 0 Å². The topological polar surface area (TPSA) is 111 Å². The summed E-state index contributed by atoms with van der Waals surface area (Å²) in [5.74, 6) is 1.64. The third kappa shape index (κ3) is 6.08. The van der Waals surface area contributed by atoms with Gasteiger partial charge in [0.2, 0.25) is 5.91 Å². The number of hydrogen-bond acceptors (Lipinski definition) is 6. The highest BCUT2D eigenvalue weighted by atomic mass is 16.5. The first kappa shape index (κ1) is 22.8. The second kappa shape index (κ2) is 9.11. The van der Waals surface area contributed by atoms with Crippen molar-refractivity contribution in [2.45, 2.75) is 78.3 Å². The quantitative estimate of drug-likeness (QED) is 0.691. The van der Waals surface area contributed by atoms with E-state index in [0.29, 0.717) is 24.1 Å². The standard InChI is InChI=1S/C22H33N5O4/c1-13(2)23-21(29)30-12-15-8-16(9-15)18-11-19(27(25-18)22(4,5)6)24-20(28)10-17-7-14(3)26-31-17/h7,11,13,15-16H,8-10,12H2,1-6H3,(H,23,29)(H,24,28). The van der Waals surface area contributed by atoms with E-state index in [0.717, 1.165) is 24.2 Å². The molecule has 2 amide bonds. The first-order valence-corrected chi connectivity index (χ1v) is 10.8. The maximum absolute atomic E-state index is 12.5. The van der Waals surface area contributed by atoms with Crippen molar-refractivity contribution < 1.29 is 18.8 Å². The Morgan fingerprint density at radius 2 is 2.00 bits per heavy atom. The lowest BCUT2D eigenvalue weighted by molar-refractivity contribution is -0.115. The number of aromatic nitrogens is 3. The second-order valence-electron chi connectivity index (χ2n) is 9.63. The van der Waals surface area contributed by atoms with Crippen molar-refractivity contribution in [3.05, 3.63) is 29.3 Å². The van der Waals surface area contributed by atoms with Crippen LogP contribution in [0.5, 0.6) is 0 Å². The van der Waals surface area contributed by atoms with Gasteiger partial charge >= 0.3 is 6.09 Å². The molecule has 3 rings (SSSR count). The van der Waals surface area contributed by atoms with Gasteiger partial charge < -0.3 is 19.9 Å². The summed E-state index contributed by atoms with van der Waals surface area (Å²) in [4.78, 5) is 24.2. The van der Waals surface area contributed by atoms with Crippen LogP contribution in [0.3, 0.4) is 0 Å². The molecule has 1 aliphatic rings. The van der Waals surface area contributed by atoms with Crippen molar-refractivity contribution in [1.29, 1.82) is 0 Å². The molecule has 0 atom stereocenters. The van der Waals surface area contributed by atoms with E-state index in [9.17, 15) is 9.59 Å². The zero-order valence-corrected chi connectivity index (χ0v) is 19.2. The van der Waals surface area contributed by atoms with Gasteiger partial charge in [0.1, 0.15) is 11.6 Å². The lowest BCUT2D eigenvalue weighted by Gasteiger charge is -2.33. The van der Waals surface area contributed by atoms with Gasteiger partial charge in [-0.25, -0.2) is 9.48 Å². The van der Waals surface area contributed by atoms with Gasteiger partial charge in [-0.3, -0.25) is 4.79 Å². The molecule has 170 valence electrons. The third-order valence-electron chi connectivity index (χ3n) is 5.15. The molecule has 2 heterocycles. The Balaban J connectivity index is 1.59. The molecule has 0 unspecified atom stereocenters. The predicted octanol–water partition coefficient (Wildman–Crippen LogP) is 3.74. The minimum absolute atomic E-state index is 0.0599. The summed E-state index contributed by atoms with van der Waals surface area (Å²) in [5, 5.41) is 14.3. The fourth-order valence-corrected chi connectivity index (χ4v) is 3.63. The summed E-state index contributed by atoms with van der Waals surface area (Å²) in [5.41, 5.74) is 1.41. The van der Waals surface area contributed by atoms with E-state index >= 15 is 0 Å². The molecule has 2 N–H and O–H groups in total. The highest BCUT2D eigenvalue weighted by molar-refractivity contribution is 5.91. The molecule has 2 aromatic heterocycles. The Hall–Kier alpha value is -2.84. The molecule has 0 spiro atoms. The van der Waals surface area contributed by atoms with Gasteiger partial charge in [0.15, 0.2) is 0 Å². The molecule has 9 heteroatoms. The zero-order chi connectivity index (χ0) is 22.8. The summed E-state index contributed by atoms with van der Waals surface area (Å²) in [6, 6.07) is 3.76. The highest BCUT2D eigenvalue weighted by Crippen LogP contribution is 2.42. The Bertz CT molecular complexity index is 919. The van der Waals surface area contributed by atoms with E-state index in [1.54, 1.807) is 6.07 Å². The van der Waals surface area contributed by atoms with Crippen molar-refractivity contribution >= 4 is 17.8 Å². The Labute approximate surface area is 182 Å². The number of carbonyl (C=O) groups is 2. The van der Waals surface area contributed by atoms with E-state index in [1.165, 1.54) is 0 Å². The molecule has 0 radical (unpaired) electrons. The Morgan fingerprint density at radius 3 is 2.58 bits per heavy atom. The molecule has 9 nitrogen and oxygen atoms in total. The molecule has 0 saturated heterocycles. The van der Waals surface area contributed by atoms with Crippen LogP contribution in [-0.2, 0) is 21.5 Å². The van der Waals surface area contributed by atoms with Crippen molar-refractivity contribution in [3.8, 4) is 0 Å². The van der Waals surface area contributed by atoms with Crippen LogP contribution in [0.15, 0.2) is 16.7 Å². The molecular formula is C22H33N5O4. The maximum atomic E-state index is 12.5.